The molecule has 4 atom stereocenters. The molecule has 17 heteroatoms. The number of ether oxygens (including phenoxy) is 4. The lowest BCUT2D eigenvalue weighted by Gasteiger charge is -2.36. The molecule has 4 fully saturated rings. The Balaban J connectivity index is 0.000000188. The minimum Gasteiger partial charge on any atom is -0.478 e. The van der Waals surface area contributed by atoms with Crippen molar-refractivity contribution >= 4 is 47.9 Å². The van der Waals surface area contributed by atoms with Crippen LogP contribution in [0.4, 0.5) is 0 Å². The maximum atomic E-state index is 13.8. The number of benzene rings is 7. The number of carboxylic acids is 1. The van der Waals surface area contributed by atoms with E-state index in [1.165, 1.54) is 36.4 Å². The molecule has 4 saturated heterocycles. The Kier molecular flexibility index (Phi) is 25.5. The number of halogens is 1. The number of Topliss-reactive ketones (excluding diaryl/α,β-unsaturated/α-hetero) is 1. The zero-order valence-corrected chi connectivity index (χ0v) is 51.4. The summed E-state index contributed by atoms with van der Waals surface area (Å²) in [5.41, 5.74) is 3.61. The predicted molar refractivity (Wildman–Crippen MR) is 343 cm³/mol. The molecule has 0 saturated carbocycles. The van der Waals surface area contributed by atoms with Crippen LogP contribution in [0.2, 0.25) is 0 Å². The summed E-state index contributed by atoms with van der Waals surface area (Å²) < 4.78 is 21.4. The standard InChI is InChI=1S/2C24H30N2O2.C24H18O7.ClH.H2O/c2*1-2-26-19-22(13-14-25-15-17-28-18-16-25)24(23(26)27,20-9-5-3-6-10-20)21-11-7-4-8-12-21;25-19(16-10-4-1-5-11-16)20(30-23(28)17-12-6-2-7-13-17)21(22(26)27)31-24(29)18-14-8-3-9-15-18;;/h2*3-12,22H,2,13-19H2,1H3;1-15,20-21H,(H,26,27);1H;1H2/t2*22-;20-,21+;;/m001../s1. The molecular weight excluding hydrogens is 1150 g/mol. The Hall–Kier alpha value is -8.35. The molecule has 11 rings (SSSR count). The average Bonchev–Trinajstić information content (AvgIpc) is 1.64. The Labute approximate surface area is 528 Å². The second-order valence-electron chi connectivity index (χ2n) is 22.1. The van der Waals surface area contributed by atoms with E-state index in [1.807, 2.05) is 34.1 Å². The van der Waals surface area contributed by atoms with Crippen LogP contribution in [-0.2, 0) is 44.2 Å². The minimum absolute atomic E-state index is 0. The van der Waals surface area contributed by atoms with Crippen molar-refractivity contribution in [3.05, 3.63) is 251 Å². The van der Waals surface area contributed by atoms with Gasteiger partial charge in [-0.25, -0.2) is 14.4 Å². The molecule has 7 aromatic carbocycles. The first kappa shape index (κ1) is 68.1. The fourth-order valence-electron chi connectivity index (χ4n) is 12.7. The highest BCUT2D eigenvalue weighted by Gasteiger charge is 2.57. The Morgan fingerprint density at radius 3 is 1.03 bits per heavy atom. The molecule has 4 heterocycles. The van der Waals surface area contributed by atoms with Gasteiger partial charge in [0, 0.05) is 69.8 Å². The zero-order valence-electron chi connectivity index (χ0n) is 50.6. The topological polar surface area (TPSA) is 204 Å². The average molecular weight is 1230 g/mol. The molecule has 4 aliphatic heterocycles. The molecule has 4 aliphatic rings. The van der Waals surface area contributed by atoms with Crippen LogP contribution < -0.4 is 0 Å². The number of likely N-dealkylation sites (tertiary alicyclic amines) is 2. The number of morpholine rings is 2. The van der Waals surface area contributed by atoms with Gasteiger partial charge in [-0.15, -0.1) is 12.4 Å². The molecule has 468 valence electrons. The van der Waals surface area contributed by atoms with E-state index in [1.54, 1.807) is 54.6 Å². The Morgan fingerprint density at radius 2 is 0.742 bits per heavy atom. The molecule has 16 nitrogen and oxygen atoms in total. The van der Waals surface area contributed by atoms with Gasteiger partial charge in [0.15, 0.2) is 0 Å². The van der Waals surface area contributed by atoms with Crippen LogP contribution in [0, 0.1) is 11.8 Å². The second-order valence-corrected chi connectivity index (χ2v) is 22.1. The van der Waals surface area contributed by atoms with Crippen LogP contribution >= 0.6 is 12.4 Å². The van der Waals surface area contributed by atoms with Crippen molar-refractivity contribution in [3.8, 4) is 0 Å². The Bertz CT molecular complexity index is 3110. The van der Waals surface area contributed by atoms with E-state index in [0.717, 1.165) is 127 Å². The van der Waals surface area contributed by atoms with E-state index in [0.29, 0.717) is 0 Å². The molecule has 7 aromatic rings. The predicted octanol–water partition coefficient (Wildman–Crippen LogP) is 9.35. The third kappa shape index (κ3) is 15.9. The van der Waals surface area contributed by atoms with E-state index in [9.17, 15) is 33.9 Å². The number of esters is 2. The van der Waals surface area contributed by atoms with Gasteiger partial charge in [0.25, 0.3) is 0 Å². The van der Waals surface area contributed by atoms with Gasteiger partial charge < -0.3 is 39.3 Å². The number of carbonyl (C=O) groups is 6. The van der Waals surface area contributed by atoms with Crippen LogP contribution in [0.25, 0.3) is 0 Å². The van der Waals surface area contributed by atoms with E-state index in [4.69, 9.17) is 18.9 Å². The first-order valence-electron chi connectivity index (χ1n) is 30.3. The molecule has 0 radical (unpaired) electrons. The highest BCUT2D eigenvalue weighted by Crippen LogP contribution is 2.49. The quantitative estimate of drug-likeness (QED) is 0.0559. The molecule has 0 unspecified atom stereocenters. The molecule has 0 spiro atoms. The number of carboxylic acid groups (broad SMARTS) is 1. The largest absolute Gasteiger partial charge is 0.478 e. The summed E-state index contributed by atoms with van der Waals surface area (Å²) in [4.78, 5) is 86.7. The van der Waals surface area contributed by atoms with Crippen molar-refractivity contribution in [3.63, 3.8) is 0 Å². The molecule has 0 aliphatic carbocycles. The van der Waals surface area contributed by atoms with Crippen LogP contribution in [0.15, 0.2) is 212 Å². The maximum absolute atomic E-state index is 13.8. The third-order valence-electron chi connectivity index (χ3n) is 17.2. The highest BCUT2D eigenvalue weighted by molar-refractivity contribution is 6.05. The van der Waals surface area contributed by atoms with E-state index in [2.05, 4.69) is 121 Å². The van der Waals surface area contributed by atoms with Gasteiger partial charge in [0.1, 0.15) is 10.8 Å². The van der Waals surface area contributed by atoms with Crippen molar-refractivity contribution < 1.29 is 58.3 Å². The number of hydrogen-bond donors (Lipinski definition) is 1. The number of carbonyl (C=O) groups excluding carboxylic acids is 5. The van der Waals surface area contributed by atoms with Crippen molar-refractivity contribution in [1.29, 1.82) is 0 Å². The van der Waals surface area contributed by atoms with Gasteiger partial charge in [-0.05, 0) is 86.3 Å². The summed E-state index contributed by atoms with van der Waals surface area (Å²) in [6.45, 7) is 16.6. The van der Waals surface area contributed by atoms with E-state index >= 15 is 0 Å². The maximum Gasteiger partial charge on any atom is 0.349 e. The molecule has 3 N–H and O–H groups in total. The van der Waals surface area contributed by atoms with Gasteiger partial charge in [-0.1, -0.05) is 188 Å². The lowest BCUT2D eigenvalue weighted by Crippen LogP contribution is -2.46. The Morgan fingerprint density at radius 1 is 0.461 bits per heavy atom. The first-order chi connectivity index (χ1) is 42.5. The highest BCUT2D eigenvalue weighted by atomic mass is 35.5. The smallest absolute Gasteiger partial charge is 0.349 e. The third-order valence-corrected chi connectivity index (χ3v) is 17.2. The van der Waals surface area contributed by atoms with Crippen molar-refractivity contribution in [2.45, 2.75) is 49.7 Å². The summed E-state index contributed by atoms with van der Waals surface area (Å²) in [5.74, 6) is -3.30. The van der Waals surface area contributed by atoms with Crippen LogP contribution in [0.5, 0.6) is 0 Å². The lowest BCUT2D eigenvalue weighted by atomic mass is 9.66. The van der Waals surface area contributed by atoms with Gasteiger partial charge in [0.2, 0.25) is 29.8 Å². The summed E-state index contributed by atoms with van der Waals surface area (Å²) >= 11 is 0. The number of likely N-dealkylation sites (N-methyl/N-ethyl adjacent to an activating group) is 2. The minimum atomic E-state index is -2.05. The summed E-state index contributed by atoms with van der Waals surface area (Å²) in [5, 5.41) is 9.70. The zero-order chi connectivity index (χ0) is 61.0. The summed E-state index contributed by atoms with van der Waals surface area (Å²) in [6.07, 6.45) is -1.92. The van der Waals surface area contributed by atoms with Gasteiger partial charge >= 0.3 is 17.9 Å². The van der Waals surface area contributed by atoms with Crippen molar-refractivity contribution in [2.24, 2.45) is 11.8 Å². The molecular formula is C72H81ClN4O12. The number of hydrogen-bond acceptors (Lipinski definition) is 12. The molecule has 89 heavy (non-hydrogen) atoms. The van der Waals surface area contributed by atoms with E-state index < -0.39 is 46.7 Å². The fourth-order valence-corrected chi connectivity index (χ4v) is 12.7. The molecule has 0 bridgehead atoms. The number of amides is 2. The number of ketones is 1. The molecule has 0 aromatic heterocycles. The van der Waals surface area contributed by atoms with Gasteiger partial charge in [-0.2, -0.15) is 0 Å². The van der Waals surface area contributed by atoms with Gasteiger partial charge in [-0.3, -0.25) is 24.2 Å². The summed E-state index contributed by atoms with van der Waals surface area (Å²) in [7, 11) is 0. The van der Waals surface area contributed by atoms with Crippen LogP contribution in [0.3, 0.4) is 0 Å². The van der Waals surface area contributed by atoms with Crippen molar-refractivity contribution in [1.82, 2.24) is 19.6 Å². The fraction of sp³-hybridized carbons (Fsp3) is 0.333. The first-order valence-corrected chi connectivity index (χ1v) is 30.3. The van der Waals surface area contributed by atoms with Crippen LogP contribution in [-0.4, -0.2) is 170 Å². The SMILES string of the molecule is CCN1C[C@H](CCN2CCOCC2)C(c2ccccc2)(c2ccccc2)C1=O.CCN1C[C@H](CCN2CCOCC2)C(c2ccccc2)(c2ccccc2)C1=O.Cl.O.O=C(O[C@H](C(=O)O)[C@H](OC(=O)c1ccccc1)C(=O)c1ccccc1)c1ccccc1. The van der Waals surface area contributed by atoms with Crippen molar-refractivity contribution in [2.75, 3.05) is 91.9 Å². The molecule has 2 amide bonds. The summed E-state index contributed by atoms with van der Waals surface area (Å²) in [6, 6.07) is 64.8. The normalized spacial score (nSPS) is 18.4. The van der Waals surface area contributed by atoms with Crippen LogP contribution in [0.1, 0.15) is 80.0 Å². The monoisotopic (exact) mass is 1230 g/mol. The second kappa shape index (κ2) is 33.3. The number of rotatable bonds is 20. The van der Waals surface area contributed by atoms with Gasteiger partial charge in [0.05, 0.1) is 37.6 Å². The number of aliphatic carboxylic acids is 1. The number of nitrogens with zero attached hydrogens (tertiary/aromatic N) is 4. The van der Waals surface area contributed by atoms with E-state index in [-0.39, 0.29) is 58.2 Å². The lowest BCUT2D eigenvalue weighted by molar-refractivity contribution is -0.152.